The number of ether oxygens (including phenoxy) is 1. The van der Waals surface area contributed by atoms with Gasteiger partial charge in [0.05, 0.1) is 6.61 Å². The molecular formula is C20H22N2O4S. The topological polar surface area (TPSA) is 78.9 Å². The monoisotopic (exact) mass is 386 g/mol. The van der Waals surface area contributed by atoms with Crippen LogP contribution in [0.4, 0.5) is 0 Å². The lowest BCUT2D eigenvalue weighted by molar-refractivity contribution is -0.135. The lowest BCUT2D eigenvalue weighted by Gasteiger charge is -2.26. The molecule has 0 radical (unpaired) electrons. The van der Waals surface area contributed by atoms with Crippen molar-refractivity contribution in [2.45, 2.75) is 24.3 Å². The van der Waals surface area contributed by atoms with Crippen molar-refractivity contribution in [2.75, 3.05) is 13.2 Å². The Labute approximate surface area is 163 Å². The third-order valence-corrected chi connectivity index (χ3v) is 4.80. The fourth-order valence-electron chi connectivity index (χ4n) is 3.04. The van der Waals surface area contributed by atoms with Gasteiger partial charge in [0.25, 0.3) is 0 Å². The van der Waals surface area contributed by atoms with Crippen molar-refractivity contribution < 1.29 is 19.4 Å². The van der Waals surface area contributed by atoms with Crippen molar-refractivity contribution in [3.63, 3.8) is 0 Å². The number of carbonyl (C=O) groups is 2. The highest BCUT2D eigenvalue weighted by Crippen LogP contribution is 2.27. The number of aliphatic hydroxyl groups excluding tert-OH is 1. The lowest BCUT2D eigenvalue weighted by atomic mass is 10.1. The Balaban J connectivity index is 1.67. The molecule has 1 aliphatic heterocycles. The average molecular weight is 386 g/mol. The summed E-state index contributed by atoms with van der Waals surface area (Å²) in [6.07, 6.45) is 0.218. The minimum Gasteiger partial charge on any atom is -0.457 e. The molecule has 6 nitrogen and oxygen atoms in total. The maximum atomic E-state index is 12.3. The summed E-state index contributed by atoms with van der Waals surface area (Å²) in [5, 5.41) is 11.1. The van der Waals surface area contributed by atoms with Crippen molar-refractivity contribution in [1.29, 1.82) is 0 Å². The molecule has 0 unspecified atom stereocenters. The van der Waals surface area contributed by atoms with Crippen LogP contribution < -0.4 is 10.1 Å². The molecule has 2 N–H and O–H groups in total. The van der Waals surface area contributed by atoms with E-state index in [-0.39, 0.29) is 36.6 Å². The Bertz CT molecular complexity index is 782. The van der Waals surface area contributed by atoms with Gasteiger partial charge in [-0.2, -0.15) is 12.6 Å². The van der Waals surface area contributed by atoms with E-state index in [4.69, 9.17) is 9.84 Å². The molecule has 0 bridgehead atoms. The second kappa shape index (κ2) is 8.92. The Morgan fingerprint density at radius 2 is 1.81 bits per heavy atom. The molecule has 1 heterocycles. The SMILES string of the molecule is O=C(NCCO)[C@@H]1[C@@H](S)CC(=O)N1Cc1ccc(Oc2ccccc2)cc1. The van der Waals surface area contributed by atoms with Gasteiger partial charge in [0.1, 0.15) is 17.5 Å². The number of benzene rings is 2. The zero-order valence-electron chi connectivity index (χ0n) is 14.7. The normalized spacial score (nSPS) is 19.2. The number of nitrogens with one attached hydrogen (secondary N) is 1. The smallest absolute Gasteiger partial charge is 0.244 e. The van der Waals surface area contributed by atoms with Gasteiger partial charge >= 0.3 is 0 Å². The quantitative estimate of drug-likeness (QED) is 0.636. The first-order valence-electron chi connectivity index (χ1n) is 8.76. The summed E-state index contributed by atoms with van der Waals surface area (Å²) < 4.78 is 5.76. The molecule has 3 rings (SSSR count). The number of carbonyl (C=O) groups excluding carboxylic acids is 2. The zero-order valence-corrected chi connectivity index (χ0v) is 15.6. The molecule has 1 aliphatic rings. The van der Waals surface area contributed by atoms with E-state index in [0.717, 1.165) is 11.3 Å². The second-order valence-corrected chi connectivity index (χ2v) is 6.97. The van der Waals surface area contributed by atoms with E-state index in [1.807, 2.05) is 54.6 Å². The van der Waals surface area contributed by atoms with Crippen molar-refractivity contribution in [3.8, 4) is 11.5 Å². The Hall–Kier alpha value is -2.51. The number of aliphatic hydroxyl groups is 1. The zero-order chi connectivity index (χ0) is 19.2. The molecule has 7 heteroatoms. The number of hydrogen-bond donors (Lipinski definition) is 3. The molecule has 0 aromatic heterocycles. The lowest BCUT2D eigenvalue weighted by Crippen LogP contribution is -2.48. The van der Waals surface area contributed by atoms with Crippen molar-refractivity contribution in [1.82, 2.24) is 10.2 Å². The van der Waals surface area contributed by atoms with Crippen LogP contribution in [-0.4, -0.2) is 46.3 Å². The molecule has 1 saturated heterocycles. The number of hydrogen-bond acceptors (Lipinski definition) is 5. The highest BCUT2D eigenvalue weighted by Gasteiger charge is 2.42. The van der Waals surface area contributed by atoms with Gasteiger partial charge in [0, 0.05) is 24.8 Å². The molecule has 2 atom stereocenters. The van der Waals surface area contributed by atoms with E-state index in [2.05, 4.69) is 17.9 Å². The first kappa shape index (κ1) is 19.3. The fraction of sp³-hybridized carbons (Fsp3) is 0.300. The third-order valence-electron chi connectivity index (χ3n) is 4.34. The maximum absolute atomic E-state index is 12.3. The molecule has 0 saturated carbocycles. The van der Waals surface area contributed by atoms with Crippen molar-refractivity contribution >= 4 is 24.4 Å². The van der Waals surface area contributed by atoms with E-state index in [0.29, 0.717) is 12.3 Å². The van der Waals surface area contributed by atoms with Gasteiger partial charge in [-0.15, -0.1) is 0 Å². The van der Waals surface area contributed by atoms with Crippen LogP contribution in [-0.2, 0) is 16.1 Å². The fourth-order valence-corrected chi connectivity index (χ4v) is 3.49. The molecule has 2 aromatic carbocycles. The summed E-state index contributed by atoms with van der Waals surface area (Å²) in [6, 6.07) is 16.2. The van der Waals surface area contributed by atoms with Crippen LogP contribution in [0.1, 0.15) is 12.0 Å². The van der Waals surface area contributed by atoms with Crippen LogP contribution in [0.15, 0.2) is 54.6 Å². The Kier molecular flexibility index (Phi) is 6.36. The van der Waals surface area contributed by atoms with E-state index in [1.54, 1.807) is 0 Å². The Morgan fingerprint density at radius 3 is 2.48 bits per heavy atom. The van der Waals surface area contributed by atoms with Crippen molar-refractivity contribution in [3.05, 3.63) is 60.2 Å². The number of para-hydroxylation sites is 1. The van der Waals surface area contributed by atoms with Gasteiger partial charge in [-0.1, -0.05) is 30.3 Å². The standard InChI is InChI=1S/C20H22N2O4S/c23-11-10-21-20(25)19-17(27)12-18(24)22(19)13-14-6-8-16(9-7-14)26-15-4-2-1-3-5-15/h1-9,17,19,23,27H,10-13H2,(H,21,25)/t17-,19-/m0/s1. The summed E-state index contributed by atoms with van der Waals surface area (Å²) >= 11 is 4.40. The van der Waals surface area contributed by atoms with Crippen LogP contribution in [0.2, 0.25) is 0 Å². The molecule has 2 aromatic rings. The van der Waals surface area contributed by atoms with Crippen molar-refractivity contribution in [2.24, 2.45) is 0 Å². The van der Waals surface area contributed by atoms with Gasteiger partial charge in [0.2, 0.25) is 11.8 Å². The van der Waals surface area contributed by atoms with E-state index < -0.39 is 6.04 Å². The highest BCUT2D eigenvalue weighted by molar-refractivity contribution is 7.81. The third kappa shape index (κ3) is 4.81. The largest absolute Gasteiger partial charge is 0.457 e. The summed E-state index contributed by atoms with van der Waals surface area (Å²) in [7, 11) is 0. The second-order valence-electron chi connectivity index (χ2n) is 6.31. The molecule has 0 aliphatic carbocycles. The first-order valence-corrected chi connectivity index (χ1v) is 9.28. The minimum absolute atomic E-state index is 0.108. The highest BCUT2D eigenvalue weighted by atomic mass is 32.1. The number of nitrogens with zero attached hydrogens (tertiary/aromatic N) is 1. The average Bonchev–Trinajstić information content (AvgIpc) is 2.95. The number of likely N-dealkylation sites (tertiary alicyclic amines) is 1. The van der Waals surface area contributed by atoms with Gasteiger partial charge in [0.15, 0.2) is 0 Å². The Morgan fingerprint density at radius 1 is 1.15 bits per heavy atom. The first-order chi connectivity index (χ1) is 13.1. The molecule has 1 fully saturated rings. The van der Waals surface area contributed by atoms with Crippen LogP contribution >= 0.6 is 12.6 Å². The molecule has 27 heavy (non-hydrogen) atoms. The predicted molar refractivity (Wildman–Crippen MR) is 105 cm³/mol. The molecule has 142 valence electrons. The summed E-state index contributed by atoms with van der Waals surface area (Å²) in [5.41, 5.74) is 0.895. The van der Waals surface area contributed by atoms with Crippen LogP contribution in [0.5, 0.6) is 11.5 Å². The summed E-state index contributed by atoms with van der Waals surface area (Å²) in [6.45, 7) is 0.328. The maximum Gasteiger partial charge on any atom is 0.244 e. The minimum atomic E-state index is -0.646. The van der Waals surface area contributed by atoms with Gasteiger partial charge in [-0.05, 0) is 29.8 Å². The number of amides is 2. The van der Waals surface area contributed by atoms with E-state index >= 15 is 0 Å². The van der Waals surface area contributed by atoms with Gasteiger partial charge in [-0.3, -0.25) is 9.59 Å². The van der Waals surface area contributed by atoms with E-state index in [9.17, 15) is 9.59 Å². The predicted octanol–water partition coefficient (Wildman–Crippen LogP) is 1.99. The van der Waals surface area contributed by atoms with Gasteiger partial charge < -0.3 is 20.1 Å². The molecule has 0 spiro atoms. The van der Waals surface area contributed by atoms with Crippen LogP contribution in [0, 0.1) is 0 Å². The summed E-state index contributed by atoms with van der Waals surface area (Å²) in [5.74, 6) is 1.04. The number of rotatable bonds is 7. The molecular weight excluding hydrogens is 364 g/mol. The van der Waals surface area contributed by atoms with Crippen LogP contribution in [0.3, 0.4) is 0 Å². The van der Waals surface area contributed by atoms with E-state index in [1.165, 1.54) is 4.90 Å². The summed E-state index contributed by atoms with van der Waals surface area (Å²) in [4.78, 5) is 26.2. The molecule has 2 amide bonds. The number of thiol groups is 1. The van der Waals surface area contributed by atoms with Crippen LogP contribution in [0.25, 0.3) is 0 Å². The van der Waals surface area contributed by atoms with Gasteiger partial charge in [-0.25, -0.2) is 0 Å².